The highest BCUT2D eigenvalue weighted by Gasteiger charge is 2.25. The zero-order valence-electron chi connectivity index (χ0n) is 17.5. The van der Waals surface area contributed by atoms with Gasteiger partial charge < -0.3 is 33.2 Å². The van der Waals surface area contributed by atoms with E-state index in [0.29, 0.717) is 11.4 Å². The molecule has 1 fully saturated rings. The van der Waals surface area contributed by atoms with Crippen molar-refractivity contribution >= 4 is 47.3 Å². The Bertz CT molecular complexity index is 1040. The van der Waals surface area contributed by atoms with Gasteiger partial charge in [-0.3, -0.25) is 15.0 Å². The van der Waals surface area contributed by atoms with E-state index >= 15 is 0 Å². The van der Waals surface area contributed by atoms with Crippen molar-refractivity contribution in [3.05, 3.63) is 41.5 Å². The Hall–Kier alpha value is -3.99. The lowest BCUT2D eigenvalue weighted by atomic mass is 9.91. The number of anilines is 4. The van der Waals surface area contributed by atoms with Gasteiger partial charge in [-0.1, -0.05) is 18.9 Å². The average molecular weight is 438 g/mol. The summed E-state index contributed by atoms with van der Waals surface area (Å²) < 4.78 is 0. The Morgan fingerprint density at radius 1 is 1.06 bits per heavy atom. The molecule has 168 valence electrons. The molecule has 11 heteroatoms. The number of aromatic nitrogens is 1. The molecule has 1 heterocycles. The zero-order chi connectivity index (χ0) is 23.1. The molecule has 0 radical (unpaired) electrons. The lowest BCUT2D eigenvalue weighted by molar-refractivity contribution is 0.0999. The number of primary amides is 2. The van der Waals surface area contributed by atoms with Crippen LogP contribution in [0.5, 0.6) is 0 Å². The molecule has 10 N–H and O–H groups in total. The number of hydrogen-bond donors (Lipinski definition) is 7. The molecular weight excluding hydrogens is 410 g/mol. The van der Waals surface area contributed by atoms with Crippen molar-refractivity contribution in [2.24, 2.45) is 22.3 Å². The zero-order valence-corrected chi connectivity index (χ0v) is 17.5. The lowest BCUT2D eigenvalue weighted by Gasteiger charge is -2.30. The SMILES string of the molecule is N=CC=NNc1cccc(Nc2nc(NC3CCCCC3N)c(C(N)=O)cc2C(N)=O)c1. The van der Waals surface area contributed by atoms with E-state index in [1.165, 1.54) is 12.3 Å². The number of nitrogens with zero attached hydrogens (tertiary/aromatic N) is 2. The van der Waals surface area contributed by atoms with Gasteiger partial charge in [-0.05, 0) is 37.1 Å². The quantitative estimate of drug-likeness (QED) is 0.229. The molecular formula is C21H27N9O2. The number of carbonyl (C=O) groups is 2. The minimum Gasteiger partial charge on any atom is -0.365 e. The van der Waals surface area contributed by atoms with E-state index in [2.05, 4.69) is 26.1 Å². The van der Waals surface area contributed by atoms with Crippen LogP contribution in [0.3, 0.4) is 0 Å². The number of amides is 2. The molecule has 1 saturated carbocycles. The van der Waals surface area contributed by atoms with Gasteiger partial charge in [-0.2, -0.15) is 5.10 Å². The molecule has 0 bridgehead atoms. The van der Waals surface area contributed by atoms with Gasteiger partial charge in [0.1, 0.15) is 11.6 Å². The summed E-state index contributed by atoms with van der Waals surface area (Å²) in [5.74, 6) is -1.06. The fourth-order valence-electron chi connectivity index (χ4n) is 3.56. The molecule has 1 aliphatic rings. The fourth-order valence-corrected chi connectivity index (χ4v) is 3.56. The predicted octanol–water partition coefficient (Wildman–Crippen LogP) is 1.75. The highest BCUT2D eigenvalue weighted by Crippen LogP contribution is 2.28. The molecule has 1 aromatic heterocycles. The summed E-state index contributed by atoms with van der Waals surface area (Å²) in [5, 5.41) is 17.1. The Balaban J connectivity index is 1.96. The van der Waals surface area contributed by atoms with Crippen molar-refractivity contribution in [3.8, 4) is 0 Å². The van der Waals surface area contributed by atoms with Crippen LogP contribution in [0.1, 0.15) is 46.4 Å². The van der Waals surface area contributed by atoms with Crippen LogP contribution in [0.25, 0.3) is 0 Å². The van der Waals surface area contributed by atoms with Crippen molar-refractivity contribution in [3.63, 3.8) is 0 Å². The molecule has 0 saturated heterocycles. The minimum atomic E-state index is -0.756. The summed E-state index contributed by atoms with van der Waals surface area (Å²) in [6.07, 6.45) is 6.12. The van der Waals surface area contributed by atoms with Crippen molar-refractivity contribution in [1.29, 1.82) is 5.41 Å². The van der Waals surface area contributed by atoms with Crippen LogP contribution in [0.4, 0.5) is 23.0 Å². The third-order valence-corrected chi connectivity index (χ3v) is 5.16. The van der Waals surface area contributed by atoms with Crippen LogP contribution in [0.15, 0.2) is 35.4 Å². The number of hydrazone groups is 1. The lowest BCUT2D eigenvalue weighted by Crippen LogP contribution is -2.43. The van der Waals surface area contributed by atoms with Crippen LogP contribution in [-0.4, -0.2) is 41.3 Å². The van der Waals surface area contributed by atoms with E-state index in [9.17, 15) is 9.59 Å². The number of rotatable bonds is 9. The third kappa shape index (κ3) is 5.58. The number of nitrogens with two attached hydrogens (primary N) is 3. The van der Waals surface area contributed by atoms with Crippen LogP contribution in [0, 0.1) is 5.41 Å². The van der Waals surface area contributed by atoms with Gasteiger partial charge in [-0.25, -0.2) is 4.98 Å². The summed E-state index contributed by atoms with van der Waals surface area (Å²) in [7, 11) is 0. The fraction of sp³-hybridized carbons (Fsp3) is 0.286. The summed E-state index contributed by atoms with van der Waals surface area (Å²) >= 11 is 0. The molecule has 2 aromatic rings. The maximum Gasteiger partial charge on any atom is 0.252 e. The van der Waals surface area contributed by atoms with Gasteiger partial charge in [0.2, 0.25) is 0 Å². The largest absolute Gasteiger partial charge is 0.365 e. The van der Waals surface area contributed by atoms with Crippen molar-refractivity contribution in [2.75, 3.05) is 16.1 Å². The molecule has 2 unspecified atom stereocenters. The number of carbonyl (C=O) groups excluding carboxylic acids is 2. The van der Waals surface area contributed by atoms with E-state index < -0.39 is 11.8 Å². The summed E-state index contributed by atoms with van der Waals surface area (Å²) in [4.78, 5) is 28.6. The van der Waals surface area contributed by atoms with Crippen LogP contribution >= 0.6 is 0 Å². The maximum absolute atomic E-state index is 12.1. The second-order valence-electron chi connectivity index (χ2n) is 7.47. The monoisotopic (exact) mass is 437 g/mol. The standard InChI is InChI=1S/C21H27N9O2/c22-8-9-26-30-13-5-3-4-12(10-13)27-20-14(18(24)31)11-15(19(25)32)21(29-20)28-17-7-2-1-6-16(17)23/h3-5,8-11,16-17,22,30H,1-2,6-7,23H2,(H2,24,31)(H2,25,32)(H2,27,28,29). The molecule has 0 aliphatic heterocycles. The van der Waals surface area contributed by atoms with E-state index in [1.807, 2.05) is 0 Å². The van der Waals surface area contributed by atoms with E-state index in [1.54, 1.807) is 24.3 Å². The predicted molar refractivity (Wildman–Crippen MR) is 126 cm³/mol. The first-order valence-electron chi connectivity index (χ1n) is 10.2. The van der Waals surface area contributed by atoms with Gasteiger partial charge in [0.05, 0.1) is 23.0 Å². The first-order chi connectivity index (χ1) is 15.4. The molecule has 32 heavy (non-hydrogen) atoms. The number of benzene rings is 1. The van der Waals surface area contributed by atoms with Gasteiger partial charge in [-0.15, -0.1) is 0 Å². The van der Waals surface area contributed by atoms with Crippen molar-refractivity contribution < 1.29 is 9.59 Å². The molecule has 2 amide bonds. The molecule has 1 aromatic carbocycles. The van der Waals surface area contributed by atoms with E-state index in [4.69, 9.17) is 22.6 Å². The Labute approximate surface area is 185 Å². The topological polar surface area (TPSA) is 197 Å². The van der Waals surface area contributed by atoms with Crippen LogP contribution in [0.2, 0.25) is 0 Å². The van der Waals surface area contributed by atoms with Crippen molar-refractivity contribution in [2.45, 2.75) is 37.8 Å². The van der Waals surface area contributed by atoms with Gasteiger partial charge >= 0.3 is 0 Å². The van der Waals surface area contributed by atoms with Crippen LogP contribution < -0.4 is 33.3 Å². The molecule has 11 nitrogen and oxygen atoms in total. The maximum atomic E-state index is 12.1. The smallest absolute Gasteiger partial charge is 0.252 e. The van der Waals surface area contributed by atoms with Crippen LogP contribution in [-0.2, 0) is 0 Å². The van der Waals surface area contributed by atoms with E-state index in [-0.39, 0.29) is 34.8 Å². The summed E-state index contributed by atoms with van der Waals surface area (Å²) in [6.45, 7) is 0. The molecule has 3 rings (SSSR count). The minimum absolute atomic E-state index is 0.0254. The second-order valence-corrected chi connectivity index (χ2v) is 7.47. The van der Waals surface area contributed by atoms with Crippen molar-refractivity contribution in [1.82, 2.24) is 4.98 Å². The second kappa shape index (κ2) is 10.4. The number of nitrogens with one attached hydrogen (secondary N) is 4. The molecule has 0 spiro atoms. The third-order valence-electron chi connectivity index (χ3n) is 5.16. The normalized spacial score (nSPS) is 18.2. The average Bonchev–Trinajstić information content (AvgIpc) is 2.75. The van der Waals surface area contributed by atoms with Gasteiger partial charge in [0.15, 0.2) is 0 Å². The van der Waals surface area contributed by atoms with E-state index in [0.717, 1.165) is 31.9 Å². The Morgan fingerprint density at radius 3 is 2.44 bits per heavy atom. The number of pyridine rings is 1. The first kappa shape index (κ1) is 22.7. The highest BCUT2D eigenvalue weighted by molar-refractivity contribution is 6.14. The number of hydrogen-bond acceptors (Lipinski definition) is 9. The Kier molecular flexibility index (Phi) is 7.34. The summed E-state index contributed by atoms with van der Waals surface area (Å²) in [5.41, 5.74) is 21.4. The Morgan fingerprint density at radius 2 is 1.75 bits per heavy atom. The molecule has 2 atom stereocenters. The first-order valence-corrected chi connectivity index (χ1v) is 10.2. The highest BCUT2D eigenvalue weighted by atomic mass is 16.1. The van der Waals surface area contributed by atoms with Gasteiger partial charge in [0, 0.05) is 24.0 Å². The van der Waals surface area contributed by atoms with Gasteiger partial charge in [0.25, 0.3) is 11.8 Å². The molecule has 1 aliphatic carbocycles. The summed E-state index contributed by atoms with van der Waals surface area (Å²) in [6, 6.07) is 8.25.